The molecule has 2 heterocycles. The Balaban J connectivity index is 1.58. The second-order valence-corrected chi connectivity index (χ2v) is 7.28. The normalized spacial score (nSPS) is 13.8. The van der Waals surface area contributed by atoms with E-state index in [1.165, 1.54) is 0 Å². The Bertz CT molecular complexity index is 1270. The summed E-state index contributed by atoms with van der Waals surface area (Å²) in [5.74, 6) is 5.91. The first kappa shape index (κ1) is 20.4. The second kappa shape index (κ2) is 8.86. The van der Waals surface area contributed by atoms with E-state index in [-0.39, 0.29) is 11.4 Å². The van der Waals surface area contributed by atoms with Crippen LogP contribution in [0.5, 0.6) is 5.88 Å². The van der Waals surface area contributed by atoms with Crippen molar-refractivity contribution in [1.82, 2.24) is 4.98 Å². The number of nitrogens with one attached hydrogen (secondary N) is 1. The number of methoxy groups -OCH3 is 1. The summed E-state index contributed by atoms with van der Waals surface area (Å²) < 4.78 is 5.05. The molecule has 0 bridgehead atoms. The van der Waals surface area contributed by atoms with E-state index in [0.717, 1.165) is 5.56 Å². The summed E-state index contributed by atoms with van der Waals surface area (Å²) in [5.41, 5.74) is 3.27. The highest BCUT2D eigenvalue weighted by molar-refractivity contribution is 6.36. The number of fused-ring (bicyclic) bond motifs is 1. The number of halogens is 1. The van der Waals surface area contributed by atoms with Crippen LogP contribution in [0.4, 0.5) is 5.69 Å². The van der Waals surface area contributed by atoms with Gasteiger partial charge in [0.2, 0.25) is 11.7 Å². The van der Waals surface area contributed by atoms with Gasteiger partial charge in [0.25, 0.3) is 5.91 Å². The molecule has 1 amide bonds. The monoisotopic (exact) mass is 428 g/mol. The maximum Gasteiger partial charge on any atom is 0.259 e. The lowest BCUT2D eigenvalue weighted by Gasteiger charge is -2.18. The first-order valence-electron chi connectivity index (χ1n) is 9.48. The zero-order valence-corrected chi connectivity index (χ0v) is 17.4. The van der Waals surface area contributed by atoms with Crippen LogP contribution in [0.1, 0.15) is 27.0 Å². The molecule has 1 aliphatic rings. The van der Waals surface area contributed by atoms with Crippen molar-refractivity contribution in [2.75, 3.05) is 12.4 Å². The first-order chi connectivity index (χ1) is 15.0. The summed E-state index contributed by atoms with van der Waals surface area (Å²) >= 11 is 6.00. The van der Waals surface area contributed by atoms with Crippen LogP contribution in [0, 0.1) is 11.8 Å². The van der Waals surface area contributed by atoms with Gasteiger partial charge in [-0.3, -0.25) is 9.59 Å². The third-order valence-electron chi connectivity index (χ3n) is 4.69. The fourth-order valence-corrected chi connectivity index (χ4v) is 3.33. The summed E-state index contributed by atoms with van der Waals surface area (Å²) in [6.45, 7) is 0. The number of amides is 1. The van der Waals surface area contributed by atoms with Crippen LogP contribution in [0.25, 0.3) is 6.08 Å². The molecular weight excluding hydrogens is 412 g/mol. The van der Waals surface area contributed by atoms with Crippen LogP contribution in [-0.2, 0) is 11.2 Å². The van der Waals surface area contributed by atoms with Crippen LogP contribution < -0.4 is 10.1 Å². The number of ether oxygens (including phenoxy) is 1. The third-order valence-corrected chi connectivity index (χ3v) is 4.93. The van der Waals surface area contributed by atoms with Crippen LogP contribution in [0.2, 0.25) is 5.02 Å². The molecule has 31 heavy (non-hydrogen) atoms. The summed E-state index contributed by atoms with van der Waals surface area (Å²) in [4.78, 5) is 29.6. The molecule has 1 aromatic heterocycles. The number of carbonyl (C=O) groups excluding carboxylic acids is 2. The number of Topliss-reactive ketones (excluding diaryl/α,β-unsaturated/α-hetero) is 1. The lowest BCUT2D eigenvalue weighted by molar-refractivity contribution is -0.112. The molecular formula is C25H17ClN2O3. The standard InChI is InChI=1S/C25H17ClN2O3/c1-31-23-11-9-17(15-27-23)5-2-4-16-8-10-22-20(13-16)24(29)21(25(30)28-22)14-18-6-3-7-19(26)12-18/h3,6-15H,5H2,1H3,(H,28,30)/b21-14+. The number of rotatable bonds is 3. The van der Waals surface area contributed by atoms with E-state index in [4.69, 9.17) is 16.3 Å². The van der Waals surface area contributed by atoms with Crippen molar-refractivity contribution < 1.29 is 14.3 Å². The molecule has 0 radical (unpaired) electrons. The van der Waals surface area contributed by atoms with Gasteiger partial charge in [-0.2, -0.15) is 0 Å². The number of hydrogen-bond acceptors (Lipinski definition) is 4. The molecule has 0 saturated heterocycles. The minimum Gasteiger partial charge on any atom is -0.481 e. The Morgan fingerprint density at radius 3 is 2.74 bits per heavy atom. The predicted molar refractivity (Wildman–Crippen MR) is 120 cm³/mol. The fraction of sp³-hybridized carbons (Fsp3) is 0.0800. The minimum absolute atomic E-state index is 0.0594. The number of aromatic nitrogens is 1. The molecule has 2 aromatic carbocycles. The van der Waals surface area contributed by atoms with Gasteiger partial charge in [0, 0.05) is 34.8 Å². The topological polar surface area (TPSA) is 68.3 Å². The number of hydrogen-bond donors (Lipinski definition) is 1. The Labute approximate surface area is 184 Å². The molecule has 1 aliphatic heterocycles. The number of benzene rings is 2. The average Bonchev–Trinajstić information content (AvgIpc) is 2.77. The van der Waals surface area contributed by atoms with E-state index in [1.54, 1.807) is 67.9 Å². The third kappa shape index (κ3) is 4.66. The molecule has 152 valence electrons. The van der Waals surface area contributed by atoms with Crippen molar-refractivity contribution in [1.29, 1.82) is 0 Å². The summed E-state index contributed by atoms with van der Waals surface area (Å²) in [6, 6.07) is 15.8. The van der Waals surface area contributed by atoms with Gasteiger partial charge in [-0.1, -0.05) is 41.6 Å². The molecule has 0 spiro atoms. The SMILES string of the molecule is COc1ccc(CC#Cc2ccc3c(c2)C(=O)/C(=C\c2cccc(Cl)c2)C(=O)N3)cn1. The predicted octanol–water partition coefficient (Wildman–Crippen LogP) is 4.56. The molecule has 3 aromatic rings. The van der Waals surface area contributed by atoms with Gasteiger partial charge in [0.15, 0.2) is 0 Å². The van der Waals surface area contributed by atoms with Crippen molar-refractivity contribution >= 4 is 35.1 Å². The average molecular weight is 429 g/mol. The number of carbonyl (C=O) groups is 2. The number of nitrogens with zero attached hydrogens (tertiary/aromatic N) is 1. The molecule has 5 nitrogen and oxygen atoms in total. The van der Waals surface area contributed by atoms with Crippen LogP contribution in [0.3, 0.4) is 0 Å². The van der Waals surface area contributed by atoms with Crippen molar-refractivity contribution in [2.24, 2.45) is 0 Å². The smallest absolute Gasteiger partial charge is 0.259 e. The lowest BCUT2D eigenvalue weighted by Crippen LogP contribution is -2.27. The second-order valence-electron chi connectivity index (χ2n) is 6.84. The van der Waals surface area contributed by atoms with Crippen LogP contribution in [-0.4, -0.2) is 23.8 Å². The lowest BCUT2D eigenvalue weighted by atomic mass is 9.94. The highest BCUT2D eigenvalue weighted by atomic mass is 35.5. The van der Waals surface area contributed by atoms with Gasteiger partial charge in [-0.25, -0.2) is 4.98 Å². The van der Waals surface area contributed by atoms with E-state index in [2.05, 4.69) is 22.1 Å². The van der Waals surface area contributed by atoms with Gasteiger partial charge >= 0.3 is 0 Å². The van der Waals surface area contributed by atoms with Crippen molar-refractivity contribution in [2.45, 2.75) is 6.42 Å². The van der Waals surface area contributed by atoms with Crippen molar-refractivity contribution in [3.63, 3.8) is 0 Å². The Hall–Kier alpha value is -3.88. The van der Waals surface area contributed by atoms with Crippen molar-refractivity contribution in [3.05, 3.63) is 93.6 Å². The number of anilines is 1. The zero-order chi connectivity index (χ0) is 21.8. The summed E-state index contributed by atoms with van der Waals surface area (Å²) in [5, 5.41) is 3.30. The first-order valence-corrected chi connectivity index (χ1v) is 9.86. The van der Waals surface area contributed by atoms with Gasteiger partial charge in [-0.05, 0) is 47.5 Å². The van der Waals surface area contributed by atoms with E-state index >= 15 is 0 Å². The number of pyridine rings is 1. The Kier molecular flexibility index (Phi) is 5.83. The van der Waals surface area contributed by atoms with E-state index < -0.39 is 5.91 Å². The maximum absolute atomic E-state index is 13.0. The van der Waals surface area contributed by atoms with E-state index in [9.17, 15) is 9.59 Å². The summed E-state index contributed by atoms with van der Waals surface area (Å²) in [7, 11) is 1.57. The van der Waals surface area contributed by atoms with Crippen LogP contribution >= 0.6 is 11.6 Å². The quantitative estimate of drug-likeness (QED) is 0.377. The van der Waals surface area contributed by atoms with Gasteiger partial charge in [-0.15, -0.1) is 0 Å². The molecule has 6 heteroatoms. The molecule has 0 unspecified atom stereocenters. The zero-order valence-electron chi connectivity index (χ0n) is 16.6. The Morgan fingerprint density at radius 1 is 1.13 bits per heavy atom. The molecule has 0 atom stereocenters. The summed E-state index contributed by atoms with van der Waals surface area (Å²) in [6.07, 6.45) is 3.77. The molecule has 0 saturated carbocycles. The largest absolute Gasteiger partial charge is 0.481 e. The van der Waals surface area contributed by atoms with Gasteiger partial charge in [0.05, 0.1) is 18.4 Å². The van der Waals surface area contributed by atoms with E-state index in [0.29, 0.717) is 39.7 Å². The maximum atomic E-state index is 13.0. The Morgan fingerprint density at radius 2 is 2.00 bits per heavy atom. The highest BCUT2D eigenvalue weighted by Gasteiger charge is 2.28. The van der Waals surface area contributed by atoms with Crippen molar-refractivity contribution in [3.8, 4) is 17.7 Å². The van der Waals surface area contributed by atoms with E-state index in [1.807, 2.05) is 6.07 Å². The molecule has 1 N–H and O–H groups in total. The van der Waals surface area contributed by atoms with Crippen LogP contribution in [0.15, 0.2) is 66.4 Å². The van der Waals surface area contributed by atoms with Gasteiger partial charge in [0.1, 0.15) is 0 Å². The minimum atomic E-state index is -0.441. The molecule has 4 rings (SSSR count). The number of ketones is 1. The van der Waals surface area contributed by atoms with Gasteiger partial charge < -0.3 is 10.1 Å². The fourth-order valence-electron chi connectivity index (χ4n) is 3.14. The molecule has 0 aliphatic carbocycles. The molecule has 0 fully saturated rings. The highest BCUT2D eigenvalue weighted by Crippen LogP contribution is 2.28.